The highest BCUT2D eigenvalue weighted by Gasteiger charge is 2.29. The number of fused-ring (bicyclic) bond motifs is 1. The summed E-state index contributed by atoms with van der Waals surface area (Å²) >= 11 is 0. The number of sulfonamides is 1. The molecule has 0 bridgehead atoms. The van der Waals surface area contributed by atoms with Gasteiger partial charge in [0.05, 0.1) is 4.90 Å². The molecule has 1 atom stereocenters. The van der Waals surface area contributed by atoms with Crippen LogP contribution in [0.1, 0.15) is 19.4 Å². The zero-order valence-corrected chi connectivity index (χ0v) is 15.8. The van der Waals surface area contributed by atoms with E-state index in [-0.39, 0.29) is 24.2 Å². The van der Waals surface area contributed by atoms with E-state index < -0.39 is 22.0 Å². The summed E-state index contributed by atoms with van der Waals surface area (Å²) in [6.45, 7) is 3.87. The second kappa shape index (κ2) is 7.93. The minimum atomic E-state index is -3.91. The van der Waals surface area contributed by atoms with E-state index in [2.05, 4.69) is 15.0 Å². The van der Waals surface area contributed by atoms with Crippen molar-refractivity contribution in [2.24, 2.45) is 5.92 Å². The van der Waals surface area contributed by atoms with Crippen LogP contribution < -0.4 is 19.5 Å². The first-order valence-electron chi connectivity index (χ1n) is 8.45. The van der Waals surface area contributed by atoms with Gasteiger partial charge in [0.1, 0.15) is 6.04 Å². The van der Waals surface area contributed by atoms with E-state index >= 15 is 0 Å². The Bertz CT molecular complexity index is 916. The summed E-state index contributed by atoms with van der Waals surface area (Å²) in [6, 6.07) is 7.01. The van der Waals surface area contributed by atoms with E-state index in [1.54, 1.807) is 32.3 Å². The van der Waals surface area contributed by atoms with Crippen LogP contribution in [0.4, 0.5) is 0 Å². The topological polar surface area (TPSA) is 107 Å². The number of pyridine rings is 1. The number of ether oxygens (including phenoxy) is 2. The molecule has 1 amide bonds. The van der Waals surface area contributed by atoms with E-state index in [1.165, 1.54) is 18.2 Å². The maximum absolute atomic E-state index is 12.7. The predicted octanol–water partition coefficient (Wildman–Crippen LogP) is 1.43. The van der Waals surface area contributed by atoms with Gasteiger partial charge in [-0.2, -0.15) is 4.72 Å². The summed E-state index contributed by atoms with van der Waals surface area (Å²) in [6.07, 6.45) is 3.28. The molecule has 3 rings (SSSR count). The van der Waals surface area contributed by atoms with Gasteiger partial charge >= 0.3 is 0 Å². The minimum Gasteiger partial charge on any atom is -0.454 e. The molecule has 144 valence electrons. The van der Waals surface area contributed by atoms with Crippen LogP contribution in [0, 0.1) is 5.92 Å². The lowest BCUT2D eigenvalue weighted by atomic mass is 10.0. The van der Waals surface area contributed by atoms with Crippen LogP contribution in [-0.4, -0.2) is 32.1 Å². The van der Waals surface area contributed by atoms with Crippen LogP contribution in [0.3, 0.4) is 0 Å². The fraction of sp³-hybridized carbons (Fsp3) is 0.333. The van der Waals surface area contributed by atoms with Crippen LogP contribution in [-0.2, 0) is 21.4 Å². The van der Waals surface area contributed by atoms with Crippen molar-refractivity contribution in [1.29, 1.82) is 0 Å². The Labute approximate surface area is 158 Å². The highest BCUT2D eigenvalue weighted by Crippen LogP contribution is 2.33. The second-order valence-electron chi connectivity index (χ2n) is 6.44. The molecule has 0 unspecified atom stereocenters. The zero-order chi connectivity index (χ0) is 19.4. The first kappa shape index (κ1) is 19.1. The highest BCUT2D eigenvalue weighted by atomic mass is 32.2. The lowest BCUT2D eigenvalue weighted by Crippen LogP contribution is -2.49. The molecule has 0 saturated carbocycles. The molecule has 2 heterocycles. The molecular weight excluding hydrogens is 370 g/mol. The van der Waals surface area contributed by atoms with E-state index in [1.807, 2.05) is 6.07 Å². The fourth-order valence-electron chi connectivity index (χ4n) is 2.57. The Kier molecular flexibility index (Phi) is 5.62. The van der Waals surface area contributed by atoms with Gasteiger partial charge < -0.3 is 14.8 Å². The standard InChI is InChI=1S/C18H21N3O5S/c1-12(2)17(18(22)20-10-13-4-3-7-19-9-13)21-27(23,24)14-5-6-15-16(8-14)26-11-25-15/h3-9,12,17,21H,10-11H2,1-2H3,(H,20,22)/t17-/m0/s1. The smallest absolute Gasteiger partial charge is 0.241 e. The molecule has 2 aromatic rings. The summed E-state index contributed by atoms with van der Waals surface area (Å²) in [5.41, 5.74) is 0.826. The van der Waals surface area contributed by atoms with Crippen molar-refractivity contribution in [2.75, 3.05) is 6.79 Å². The Morgan fingerprint density at radius 3 is 2.70 bits per heavy atom. The molecule has 0 fully saturated rings. The average molecular weight is 391 g/mol. The highest BCUT2D eigenvalue weighted by molar-refractivity contribution is 7.89. The summed E-state index contributed by atoms with van der Waals surface area (Å²) < 4.78 is 38.4. The van der Waals surface area contributed by atoms with Gasteiger partial charge in [0.25, 0.3) is 0 Å². The molecular formula is C18H21N3O5S. The van der Waals surface area contributed by atoms with Gasteiger partial charge in [0.15, 0.2) is 11.5 Å². The van der Waals surface area contributed by atoms with E-state index in [0.29, 0.717) is 11.5 Å². The number of benzene rings is 1. The molecule has 1 aliphatic heterocycles. The van der Waals surface area contributed by atoms with Crippen molar-refractivity contribution in [3.8, 4) is 11.5 Å². The Balaban J connectivity index is 1.72. The lowest BCUT2D eigenvalue weighted by Gasteiger charge is -2.21. The Morgan fingerprint density at radius 1 is 1.22 bits per heavy atom. The molecule has 1 aromatic carbocycles. The largest absolute Gasteiger partial charge is 0.454 e. The van der Waals surface area contributed by atoms with E-state index in [0.717, 1.165) is 5.56 Å². The summed E-state index contributed by atoms with van der Waals surface area (Å²) in [5, 5.41) is 2.75. The van der Waals surface area contributed by atoms with Crippen molar-refractivity contribution in [3.05, 3.63) is 48.3 Å². The van der Waals surface area contributed by atoms with Gasteiger partial charge in [-0.3, -0.25) is 9.78 Å². The Morgan fingerprint density at radius 2 is 2.00 bits per heavy atom. The summed E-state index contributed by atoms with van der Waals surface area (Å²) in [4.78, 5) is 16.5. The molecule has 1 aromatic heterocycles. The maximum Gasteiger partial charge on any atom is 0.241 e. The third kappa shape index (κ3) is 4.55. The van der Waals surface area contributed by atoms with Crippen LogP contribution in [0.5, 0.6) is 11.5 Å². The second-order valence-corrected chi connectivity index (χ2v) is 8.15. The molecule has 0 radical (unpaired) electrons. The third-order valence-electron chi connectivity index (χ3n) is 4.08. The SMILES string of the molecule is CC(C)[C@H](NS(=O)(=O)c1ccc2c(c1)OCO2)C(=O)NCc1cccnc1. The van der Waals surface area contributed by atoms with Crippen molar-refractivity contribution in [3.63, 3.8) is 0 Å². The normalized spacial score (nSPS) is 14.2. The first-order valence-corrected chi connectivity index (χ1v) is 9.94. The van der Waals surface area contributed by atoms with Crippen LogP contribution in [0.2, 0.25) is 0 Å². The quantitative estimate of drug-likeness (QED) is 0.740. The number of amides is 1. The fourth-order valence-corrected chi connectivity index (χ4v) is 3.93. The number of nitrogens with zero attached hydrogens (tertiary/aromatic N) is 1. The van der Waals surface area contributed by atoms with Crippen molar-refractivity contribution in [1.82, 2.24) is 15.0 Å². The van der Waals surface area contributed by atoms with Crippen molar-refractivity contribution < 1.29 is 22.7 Å². The number of hydrogen-bond acceptors (Lipinski definition) is 6. The minimum absolute atomic E-state index is 0.0115. The number of carbonyl (C=O) groups is 1. The van der Waals surface area contributed by atoms with Crippen LogP contribution in [0.25, 0.3) is 0 Å². The van der Waals surface area contributed by atoms with Crippen LogP contribution >= 0.6 is 0 Å². The van der Waals surface area contributed by atoms with Gasteiger partial charge in [-0.15, -0.1) is 0 Å². The van der Waals surface area contributed by atoms with E-state index in [9.17, 15) is 13.2 Å². The number of hydrogen-bond donors (Lipinski definition) is 2. The number of aromatic nitrogens is 1. The van der Waals surface area contributed by atoms with Gasteiger partial charge in [0, 0.05) is 25.0 Å². The molecule has 27 heavy (non-hydrogen) atoms. The molecule has 0 spiro atoms. The monoisotopic (exact) mass is 391 g/mol. The third-order valence-corrected chi connectivity index (χ3v) is 5.51. The number of carbonyl (C=O) groups excluding carboxylic acids is 1. The van der Waals surface area contributed by atoms with Gasteiger partial charge in [-0.1, -0.05) is 19.9 Å². The van der Waals surface area contributed by atoms with E-state index in [4.69, 9.17) is 9.47 Å². The van der Waals surface area contributed by atoms with Crippen molar-refractivity contribution in [2.45, 2.75) is 31.3 Å². The molecule has 0 aliphatic carbocycles. The average Bonchev–Trinajstić information content (AvgIpc) is 3.12. The first-order chi connectivity index (χ1) is 12.9. The molecule has 8 nitrogen and oxygen atoms in total. The Hall–Kier alpha value is -2.65. The maximum atomic E-state index is 12.7. The van der Waals surface area contributed by atoms with Crippen molar-refractivity contribution >= 4 is 15.9 Å². The van der Waals surface area contributed by atoms with Gasteiger partial charge in [-0.25, -0.2) is 8.42 Å². The lowest BCUT2D eigenvalue weighted by molar-refractivity contribution is -0.123. The summed E-state index contributed by atoms with van der Waals surface area (Å²) in [5.74, 6) is 0.199. The van der Waals surface area contributed by atoms with Gasteiger partial charge in [-0.05, 0) is 29.7 Å². The molecule has 0 saturated heterocycles. The van der Waals surface area contributed by atoms with Crippen LogP contribution in [0.15, 0.2) is 47.6 Å². The number of nitrogens with one attached hydrogen (secondary N) is 2. The number of rotatable bonds is 7. The molecule has 2 N–H and O–H groups in total. The molecule has 9 heteroatoms. The molecule has 1 aliphatic rings. The zero-order valence-electron chi connectivity index (χ0n) is 15.0. The van der Waals surface area contributed by atoms with Gasteiger partial charge in [0.2, 0.25) is 22.7 Å². The summed E-state index contributed by atoms with van der Waals surface area (Å²) in [7, 11) is -3.91. The predicted molar refractivity (Wildman–Crippen MR) is 97.6 cm³/mol.